The van der Waals surface area contributed by atoms with Crippen molar-refractivity contribution in [1.29, 1.82) is 0 Å². The minimum atomic E-state index is 0. The van der Waals surface area contributed by atoms with Crippen molar-refractivity contribution >= 4 is 29.9 Å². The normalized spacial score (nSPS) is 17.1. The van der Waals surface area contributed by atoms with E-state index in [1.54, 1.807) is 7.11 Å². The van der Waals surface area contributed by atoms with Crippen molar-refractivity contribution in [3.63, 3.8) is 0 Å². The average molecular weight is 541 g/mol. The van der Waals surface area contributed by atoms with Crippen LogP contribution in [0.1, 0.15) is 43.5 Å². The Hall–Kier alpha value is -1.72. The number of benzene rings is 1. The number of rotatable bonds is 9. The predicted molar refractivity (Wildman–Crippen MR) is 135 cm³/mol. The molecule has 0 amide bonds. The Kier molecular flexibility index (Phi) is 10.7. The lowest BCUT2D eigenvalue weighted by molar-refractivity contribution is 0.177. The first-order valence-corrected chi connectivity index (χ1v) is 10.9. The van der Waals surface area contributed by atoms with Gasteiger partial charge in [0.2, 0.25) is 0 Å². The summed E-state index contributed by atoms with van der Waals surface area (Å²) in [4.78, 5) is 11.5. The molecular weight excluding hydrogens is 505 g/mol. The number of halogens is 1. The van der Waals surface area contributed by atoms with Crippen molar-refractivity contribution < 1.29 is 4.74 Å². The highest BCUT2D eigenvalue weighted by Crippen LogP contribution is 2.19. The summed E-state index contributed by atoms with van der Waals surface area (Å²) in [5.41, 5.74) is 1.32. The Balaban J connectivity index is 0.00000341. The zero-order chi connectivity index (χ0) is 21.3. The van der Waals surface area contributed by atoms with Gasteiger partial charge in [-0.25, -0.2) is 9.67 Å². The molecule has 2 N–H and O–H groups in total. The minimum Gasteiger partial charge on any atom is -0.377 e. The van der Waals surface area contributed by atoms with Crippen LogP contribution in [-0.4, -0.2) is 65.5 Å². The number of nitrogens with zero attached hydrogens (tertiary/aromatic N) is 5. The number of aromatic nitrogens is 3. The molecule has 1 aliphatic heterocycles. The van der Waals surface area contributed by atoms with Gasteiger partial charge in [-0.2, -0.15) is 5.10 Å². The summed E-state index contributed by atoms with van der Waals surface area (Å²) in [6.45, 7) is 8.46. The molecule has 0 fully saturated rings. The number of likely N-dealkylation sites (N-methyl/N-ethyl adjacent to an activating group) is 1. The van der Waals surface area contributed by atoms with Gasteiger partial charge in [-0.3, -0.25) is 9.89 Å². The molecule has 0 aliphatic carbocycles. The lowest BCUT2D eigenvalue weighted by atomic mass is 10.1. The van der Waals surface area contributed by atoms with Crippen LogP contribution >= 0.6 is 24.0 Å². The van der Waals surface area contributed by atoms with E-state index in [9.17, 15) is 0 Å². The molecule has 2 aromatic rings. The summed E-state index contributed by atoms with van der Waals surface area (Å²) < 4.78 is 7.15. The fourth-order valence-corrected chi connectivity index (χ4v) is 4.05. The Bertz CT molecular complexity index is 807. The first-order chi connectivity index (χ1) is 14.7. The highest BCUT2D eigenvalue weighted by molar-refractivity contribution is 14.0. The van der Waals surface area contributed by atoms with Crippen LogP contribution in [0.15, 0.2) is 35.3 Å². The zero-order valence-corrected chi connectivity index (χ0v) is 21.4. The number of hydrogen-bond donors (Lipinski definition) is 2. The molecule has 172 valence electrons. The monoisotopic (exact) mass is 541 g/mol. The van der Waals surface area contributed by atoms with Crippen LogP contribution in [-0.2, 0) is 24.3 Å². The van der Waals surface area contributed by atoms with Crippen molar-refractivity contribution in [1.82, 2.24) is 30.3 Å². The van der Waals surface area contributed by atoms with E-state index in [2.05, 4.69) is 74.8 Å². The third-order valence-electron chi connectivity index (χ3n) is 5.64. The van der Waals surface area contributed by atoms with Crippen LogP contribution in [0.2, 0.25) is 0 Å². The molecule has 0 spiro atoms. The molecule has 1 aliphatic rings. The van der Waals surface area contributed by atoms with Gasteiger partial charge in [0.25, 0.3) is 0 Å². The van der Waals surface area contributed by atoms with Gasteiger partial charge >= 0.3 is 0 Å². The van der Waals surface area contributed by atoms with E-state index in [-0.39, 0.29) is 30.0 Å². The maximum absolute atomic E-state index is 5.16. The van der Waals surface area contributed by atoms with E-state index in [1.165, 1.54) is 5.56 Å². The fourth-order valence-electron chi connectivity index (χ4n) is 4.05. The maximum atomic E-state index is 5.16. The third kappa shape index (κ3) is 6.88. The molecule has 9 heteroatoms. The van der Waals surface area contributed by atoms with Crippen molar-refractivity contribution in [2.75, 3.05) is 33.8 Å². The van der Waals surface area contributed by atoms with Gasteiger partial charge in [-0.15, -0.1) is 24.0 Å². The summed E-state index contributed by atoms with van der Waals surface area (Å²) in [5.74, 6) is 2.61. The van der Waals surface area contributed by atoms with E-state index >= 15 is 0 Å². The summed E-state index contributed by atoms with van der Waals surface area (Å²) >= 11 is 0. The Morgan fingerprint density at radius 2 is 2.03 bits per heavy atom. The molecular formula is C22H36IN7O. The van der Waals surface area contributed by atoms with Crippen LogP contribution in [0.3, 0.4) is 0 Å². The molecule has 0 saturated heterocycles. The summed E-state index contributed by atoms with van der Waals surface area (Å²) in [5, 5.41) is 11.7. The molecule has 0 radical (unpaired) electrons. The fraction of sp³-hybridized carbons (Fsp3) is 0.591. The Morgan fingerprint density at radius 1 is 1.29 bits per heavy atom. The number of ether oxygens (including phenoxy) is 1. The average Bonchev–Trinajstić information content (AvgIpc) is 3.18. The van der Waals surface area contributed by atoms with E-state index in [0.717, 1.165) is 56.6 Å². The molecule has 8 nitrogen and oxygen atoms in total. The van der Waals surface area contributed by atoms with Crippen molar-refractivity contribution in [2.45, 2.75) is 51.9 Å². The van der Waals surface area contributed by atoms with Crippen LogP contribution in [0.5, 0.6) is 0 Å². The van der Waals surface area contributed by atoms with E-state index in [1.807, 2.05) is 11.7 Å². The smallest absolute Gasteiger partial charge is 0.191 e. The second-order valence-electron chi connectivity index (χ2n) is 7.54. The van der Waals surface area contributed by atoms with Crippen molar-refractivity contribution in [2.24, 2.45) is 4.99 Å². The number of fused-ring (bicyclic) bond motifs is 1. The molecule has 2 unspecified atom stereocenters. The minimum absolute atomic E-state index is 0. The van der Waals surface area contributed by atoms with Crippen LogP contribution < -0.4 is 10.6 Å². The van der Waals surface area contributed by atoms with Crippen molar-refractivity contribution in [3.8, 4) is 0 Å². The topological polar surface area (TPSA) is 79.6 Å². The second kappa shape index (κ2) is 13.0. The molecule has 3 rings (SSSR count). The van der Waals surface area contributed by atoms with Gasteiger partial charge in [0.1, 0.15) is 12.4 Å². The maximum Gasteiger partial charge on any atom is 0.191 e. The summed E-state index contributed by atoms with van der Waals surface area (Å²) in [6, 6.07) is 11.2. The molecule has 2 heterocycles. The first kappa shape index (κ1) is 25.5. The van der Waals surface area contributed by atoms with Crippen LogP contribution in [0.25, 0.3) is 0 Å². The molecule has 0 bridgehead atoms. The Morgan fingerprint density at radius 3 is 2.68 bits per heavy atom. The van der Waals surface area contributed by atoms with Gasteiger partial charge in [-0.1, -0.05) is 44.2 Å². The van der Waals surface area contributed by atoms with E-state index < -0.39 is 0 Å². The van der Waals surface area contributed by atoms with E-state index in [4.69, 9.17) is 4.74 Å². The summed E-state index contributed by atoms with van der Waals surface area (Å²) in [7, 11) is 3.49. The lowest BCUT2D eigenvalue weighted by Gasteiger charge is -2.31. The van der Waals surface area contributed by atoms with Gasteiger partial charge in [-0.05, 0) is 25.1 Å². The molecule has 1 aromatic heterocycles. The molecule has 0 saturated carbocycles. The zero-order valence-electron chi connectivity index (χ0n) is 19.0. The highest BCUT2D eigenvalue weighted by Gasteiger charge is 2.23. The predicted octanol–water partition coefficient (Wildman–Crippen LogP) is 2.61. The van der Waals surface area contributed by atoms with Gasteiger partial charge in [0, 0.05) is 33.2 Å². The van der Waals surface area contributed by atoms with Crippen molar-refractivity contribution in [3.05, 3.63) is 47.5 Å². The number of aryl methyl sites for hydroxylation is 1. The molecule has 1 aromatic carbocycles. The van der Waals surface area contributed by atoms with Gasteiger partial charge in [0.15, 0.2) is 11.8 Å². The standard InChI is InChI=1S/C22H35N7O.HI/c1-5-28(6-2)19(17-10-8-7-9-11-17)14-24-22(23-3)25-18-12-13-21-26-20(16-30-4)27-29(21)15-18;/h7-11,18-19H,5-6,12-16H2,1-4H3,(H2,23,24,25);1H. The van der Waals surface area contributed by atoms with Gasteiger partial charge in [0.05, 0.1) is 12.6 Å². The highest BCUT2D eigenvalue weighted by atomic mass is 127. The third-order valence-corrected chi connectivity index (χ3v) is 5.64. The van der Waals surface area contributed by atoms with Crippen LogP contribution in [0, 0.1) is 0 Å². The van der Waals surface area contributed by atoms with E-state index in [0.29, 0.717) is 12.6 Å². The van der Waals surface area contributed by atoms with Gasteiger partial charge < -0.3 is 15.4 Å². The SMILES string of the molecule is CCN(CC)C(CNC(=NC)NC1CCc2nc(COC)nn2C1)c1ccccc1.I. The number of guanidine groups is 1. The molecule has 2 atom stereocenters. The number of methoxy groups -OCH3 is 1. The Labute approximate surface area is 202 Å². The first-order valence-electron chi connectivity index (χ1n) is 10.9. The molecule has 31 heavy (non-hydrogen) atoms. The number of hydrogen-bond acceptors (Lipinski definition) is 5. The lowest BCUT2D eigenvalue weighted by Crippen LogP contribution is -2.49. The number of nitrogens with one attached hydrogen (secondary N) is 2. The van der Waals surface area contributed by atoms with Crippen LogP contribution in [0.4, 0.5) is 0 Å². The number of aliphatic imine (C=N–C) groups is 1. The second-order valence-corrected chi connectivity index (χ2v) is 7.54. The summed E-state index contributed by atoms with van der Waals surface area (Å²) in [6.07, 6.45) is 1.90. The largest absolute Gasteiger partial charge is 0.377 e. The quantitative estimate of drug-likeness (QED) is 0.289.